The van der Waals surface area contributed by atoms with Crippen LogP contribution in [0.5, 0.6) is 5.75 Å². The number of nitrogens with one attached hydrogen (secondary N) is 1. The fourth-order valence-corrected chi connectivity index (χ4v) is 8.05. The van der Waals surface area contributed by atoms with Crippen molar-refractivity contribution in [3.8, 4) is 5.75 Å². The van der Waals surface area contributed by atoms with Gasteiger partial charge in [-0.1, -0.05) is 29.2 Å². The van der Waals surface area contributed by atoms with Crippen molar-refractivity contribution in [2.45, 2.75) is 29.7 Å². The Morgan fingerprint density at radius 1 is 1.02 bits per heavy atom. The number of hydrogen-bond acceptors (Lipinski definition) is 10. The van der Waals surface area contributed by atoms with E-state index >= 15 is 0 Å². The van der Waals surface area contributed by atoms with Crippen molar-refractivity contribution in [2.24, 2.45) is 5.92 Å². The second kappa shape index (κ2) is 11.5. The van der Waals surface area contributed by atoms with Crippen LogP contribution in [0.4, 0.5) is 11.4 Å². The number of phenols is 1. The third-order valence-electron chi connectivity index (χ3n) is 7.18. The van der Waals surface area contributed by atoms with Gasteiger partial charge < -0.3 is 15.2 Å². The molecular formula is C30H24N4O7S2. The lowest BCUT2D eigenvalue weighted by molar-refractivity contribution is -0.122. The molecule has 0 radical (unpaired) electrons. The minimum absolute atomic E-state index is 0.0493. The fourth-order valence-electron chi connectivity index (χ4n) is 5.28. The molecule has 4 aromatic rings. The van der Waals surface area contributed by atoms with Crippen molar-refractivity contribution in [3.05, 3.63) is 98.7 Å². The lowest BCUT2D eigenvalue weighted by atomic mass is 9.84. The van der Waals surface area contributed by atoms with Crippen LogP contribution in [0.25, 0.3) is 0 Å². The third-order valence-corrected chi connectivity index (χ3v) is 9.79. The van der Waals surface area contributed by atoms with Gasteiger partial charge in [-0.2, -0.15) is 0 Å². The van der Waals surface area contributed by atoms with Crippen LogP contribution < -0.4 is 15.1 Å². The Labute approximate surface area is 253 Å². The highest BCUT2D eigenvalue weighted by atomic mass is 32.2. The molecule has 43 heavy (non-hydrogen) atoms. The average molecular weight is 617 g/mol. The van der Waals surface area contributed by atoms with Gasteiger partial charge in [0, 0.05) is 28.9 Å². The van der Waals surface area contributed by atoms with Crippen LogP contribution in [-0.4, -0.2) is 50.2 Å². The number of aromatic hydroxyl groups is 1. The Morgan fingerprint density at radius 3 is 2.44 bits per heavy atom. The first-order chi connectivity index (χ1) is 20.8. The van der Waals surface area contributed by atoms with Gasteiger partial charge in [0.2, 0.25) is 17.7 Å². The number of aromatic nitrogens is 2. The molecule has 11 nitrogen and oxygen atoms in total. The predicted molar refractivity (Wildman–Crippen MR) is 159 cm³/mol. The molecule has 0 saturated carbocycles. The van der Waals surface area contributed by atoms with E-state index in [1.165, 1.54) is 53.1 Å². The van der Waals surface area contributed by atoms with Crippen molar-refractivity contribution in [2.75, 3.05) is 16.8 Å². The SMILES string of the molecule is CCOC(=O)c1ccc(N2C(=O)C3Sc4c(sc(=O)n4CC(=O)Nc4ccc(O)cc4)[C@H](c4cccnc4)C3C2=O)cc1. The second-order valence-corrected chi connectivity index (χ2v) is 11.9. The van der Waals surface area contributed by atoms with Crippen LogP contribution in [0.1, 0.15) is 33.6 Å². The molecule has 0 spiro atoms. The molecule has 0 bridgehead atoms. The second-order valence-electron chi connectivity index (χ2n) is 9.83. The van der Waals surface area contributed by atoms with E-state index in [0.29, 0.717) is 32.4 Å². The predicted octanol–water partition coefficient (Wildman–Crippen LogP) is 3.62. The van der Waals surface area contributed by atoms with Crippen LogP contribution in [-0.2, 0) is 25.7 Å². The summed E-state index contributed by atoms with van der Waals surface area (Å²) in [6.45, 7) is 1.61. The highest BCUT2D eigenvalue weighted by Crippen LogP contribution is 2.53. The van der Waals surface area contributed by atoms with Crippen LogP contribution in [0, 0.1) is 5.92 Å². The normalized spacial score (nSPS) is 19.1. The van der Waals surface area contributed by atoms with Gasteiger partial charge in [0.25, 0.3) is 0 Å². The molecule has 13 heteroatoms. The zero-order valence-electron chi connectivity index (χ0n) is 22.6. The van der Waals surface area contributed by atoms with E-state index in [2.05, 4.69) is 10.3 Å². The number of ether oxygens (including phenoxy) is 1. The number of thioether (sulfide) groups is 1. The Bertz CT molecular complexity index is 1790. The molecule has 2 unspecified atom stereocenters. The summed E-state index contributed by atoms with van der Waals surface area (Å²) in [5, 5.41) is 11.8. The Balaban J connectivity index is 1.35. The van der Waals surface area contributed by atoms with Crippen LogP contribution >= 0.6 is 23.1 Å². The molecule has 2 N–H and O–H groups in total. The third kappa shape index (κ3) is 5.21. The summed E-state index contributed by atoms with van der Waals surface area (Å²) in [5.74, 6) is -3.28. The number of carbonyl (C=O) groups is 4. The van der Waals surface area contributed by atoms with Gasteiger partial charge in [0.1, 0.15) is 17.5 Å². The lowest BCUT2D eigenvalue weighted by Gasteiger charge is -2.30. The number of amides is 3. The van der Waals surface area contributed by atoms with Crippen LogP contribution in [0.3, 0.4) is 0 Å². The van der Waals surface area contributed by atoms with E-state index in [1.807, 2.05) is 0 Å². The molecule has 2 aliphatic heterocycles. The number of fused-ring (bicyclic) bond motifs is 2. The van der Waals surface area contributed by atoms with E-state index in [1.54, 1.807) is 31.5 Å². The maximum absolute atomic E-state index is 14.0. The number of esters is 1. The maximum Gasteiger partial charge on any atom is 0.338 e. The molecule has 6 rings (SSSR count). The number of pyridine rings is 1. The Kier molecular flexibility index (Phi) is 7.59. The van der Waals surface area contributed by atoms with Gasteiger partial charge in [-0.3, -0.25) is 28.7 Å². The number of nitrogens with zero attached hydrogens (tertiary/aromatic N) is 3. The van der Waals surface area contributed by atoms with Gasteiger partial charge in [0.05, 0.1) is 28.8 Å². The number of imide groups is 1. The summed E-state index contributed by atoms with van der Waals surface area (Å²) in [6.07, 6.45) is 3.21. The maximum atomic E-state index is 14.0. The number of hydrogen-bond donors (Lipinski definition) is 2. The molecule has 1 fully saturated rings. The number of carbonyl (C=O) groups excluding carboxylic acids is 4. The first-order valence-electron chi connectivity index (χ1n) is 13.3. The molecule has 2 aliphatic rings. The molecule has 218 valence electrons. The minimum atomic E-state index is -0.865. The first-order valence-corrected chi connectivity index (χ1v) is 15.0. The van der Waals surface area contributed by atoms with Crippen molar-refractivity contribution < 1.29 is 29.0 Å². The average Bonchev–Trinajstić information content (AvgIpc) is 3.45. The molecule has 1 saturated heterocycles. The molecule has 3 atom stereocenters. The van der Waals surface area contributed by atoms with Crippen molar-refractivity contribution in [3.63, 3.8) is 0 Å². The van der Waals surface area contributed by atoms with Crippen molar-refractivity contribution in [1.29, 1.82) is 0 Å². The number of rotatable bonds is 7. The van der Waals surface area contributed by atoms with Gasteiger partial charge in [0.15, 0.2) is 0 Å². The first kappa shape index (κ1) is 28.4. The van der Waals surface area contributed by atoms with Crippen LogP contribution in [0.2, 0.25) is 0 Å². The number of phenolic OH excluding ortho intramolecular Hbond substituents is 1. The van der Waals surface area contributed by atoms with E-state index in [4.69, 9.17) is 4.74 Å². The summed E-state index contributed by atoms with van der Waals surface area (Å²) >= 11 is 2.04. The van der Waals surface area contributed by atoms with Gasteiger partial charge in [-0.15, -0.1) is 0 Å². The number of thiazole rings is 1. The fraction of sp³-hybridized carbons (Fsp3) is 0.200. The molecular weight excluding hydrogens is 592 g/mol. The largest absolute Gasteiger partial charge is 0.508 e. The summed E-state index contributed by atoms with van der Waals surface area (Å²) in [6, 6.07) is 15.5. The summed E-state index contributed by atoms with van der Waals surface area (Å²) in [5.41, 5.74) is 1.72. The zero-order valence-corrected chi connectivity index (χ0v) is 24.3. The zero-order chi connectivity index (χ0) is 30.2. The topological polar surface area (TPSA) is 148 Å². The van der Waals surface area contributed by atoms with E-state index in [-0.39, 0.29) is 18.9 Å². The molecule has 2 aromatic heterocycles. The standard InChI is InChI=1S/C30H24N4O7S2/c1-2-41-29(39)16-5-9-19(10-6-16)34-26(37)23-22(17-4-3-13-31-14-17)25-28(42-24(23)27(34)38)33(30(40)43-25)15-21(36)32-18-7-11-20(35)12-8-18/h3-14,22-24,35H,2,15H2,1H3,(H,32,36)/t22-,23?,24?/m1/s1. The molecule has 2 aromatic carbocycles. The molecule has 3 amide bonds. The summed E-state index contributed by atoms with van der Waals surface area (Å²) in [4.78, 5) is 71.7. The van der Waals surface area contributed by atoms with Crippen molar-refractivity contribution >= 4 is 58.2 Å². The lowest BCUT2D eigenvalue weighted by Crippen LogP contribution is -2.33. The highest BCUT2D eigenvalue weighted by molar-refractivity contribution is 8.00. The van der Waals surface area contributed by atoms with E-state index in [9.17, 15) is 29.1 Å². The number of benzene rings is 2. The van der Waals surface area contributed by atoms with E-state index in [0.717, 1.165) is 28.0 Å². The van der Waals surface area contributed by atoms with Gasteiger partial charge >= 0.3 is 10.8 Å². The monoisotopic (exact) mass is 616 g/mol. The summed E-state index contributed by atoms with van der Waals surface area (Å²) < 4.78 is 6.36. The smallest absolute Gasteiger partial charge is 0.338 e. The minimum Gasteiger partial charge on any atom is -0.508 e. The van der Waals surface area contributed by atoms with Crippen molar-refractivity contribution in [1.82, 2.24) is 9.55 Å². The Morgan fingerprint density at radius 2 is 1.77 bits per heavy atom. The number of anilines is 2. The van der Waals surface area contributed by atoms with E-state index < -0.39 is 45.6 Å². The van der Waals surface area contributed by atoms with Crippen LogP contribution in [0.15, 0.2) is 82.9 Å². The van der Waals surface area contributed by atoms with Gasteiger partial charge in [-0.25, -0.2) is 9.69 Å². The Hall–Kier alpha value is -4.75. The molecule has 0 aliphatic carbocycles. The van der Waals surface area contributed by atoms with Gasteiger partial charge in [-0.05, 0) is 67.1 Å². The molecule has 4 heterocycles. The highest BCUT2D eigenvalue weighted by Gasteiger charge is 2.56. The quantitative estimate of drug-likeness (QED) is 0.180. The summed E-state index contributed by atoms with van der Waals surface area (Å²) in [7, 11) is 0.